The zero-order valence-electron chi connectivity index (χ0n) is 12.4. The molecule has 3 atom stereocenters. The van der Waals surface area contributed by atoms with E-state index in [0.717, 1.165) is 26.1 Å². The average molecular weight is 309 g/mol. The van der Waals surface area contributed by atoms with Crippen molar-refractivity contribution in [3.63, 3.8) is 0 Å². The Bertz CT molecular complexity index is 576. The Morgan fingerprint density at radius 3 is 2.81 bits per heavy atom. The Hall–Kier alpha value is -0.950. The standard InChI is InChI=1S/C15H23N3O2S/c1-21(16,19)18-9-10-20-15-7-8-17(12-14(15)18)11-13-5-3-2-4-6-13/h2-6,14-16H,7-12H2,1H3. The molecule has 2 aliphatic heterocycles. The third-order valence-corrected chi connectivity index (χ3v) is 5.66. The van der Waals surface area contributed by atoms with Crippen molar-refractivity contribution < 1.29 is 8.95 Å². The van der Waals surface area contributed by atoms with Crippen molar-refractivity contribution in [1.82, 2.24) is 9.21 Å². The summed E-state index contributed by atoms with van der Waals surface area (Å²) in [6.45, 7) is 3.90. The second-order valence-electron chi connectivity index (χ2n) is 5.93. The molecule has 0 aromatic heterocycles. The van der Waals surface area contributed by atoms with Crippen LogP contribution in [-0.2, 0) is 21.2 Å². The number of ether oxygens (including phenoxy) is 1. The number of hydrogen-bond donors (Lipinski definition) is 1. The summed E-state index contributed by atoms with van der Waals surface area (Å²) in [6.07, 6.45) is 2.59. The molecule has 0 saturated carbocycles. The summed E-state index contributed by atoms with van der Waals surface area (Å²) in [7, 11) is -2.67. The lowest BCUT2D eigenvalue weighted by molar-refractivity contribution is -0.0760. The first-order valence-corrected chi connectivity index (χ1v) is 9.35. The molecule has 2 aliphatic rings. The summed E-state index contributed by atoms with van der Waals surface area (Å²) in [4.78, 5) is 2.38. The first-order chi connectivity index (χ1) is 10.0. The maximum atomic E-state index is 12.2. The van der Waals surface area contributed by atoms with E-state index < -0.39 is 9.92 Å². The van der Waals surface area contributed by atoms with Crippen LogP contribution in [-0.4, -0.2) is 58.1 Å². The Kier molecular flexibility index (Phi) is 4.31. The van der Waals surface area contributed by atoms with Crippen LogP contribution >= 0.6 is 0 Å². The van der Waals surface area contributed by atoms with Gasteiger partial charge in [0.1, 0.15) is 9.92 Å². The van der Waals surface area contributed by atoms with Crippen LogP contribution in [0.1, 0.15) is 12.0 Å². The molecule has 0 bridgehead atoms. The highest BCUT2D eigenvalue weighted by Crippen LogP contribution is 2.26. The SMILES string of the molecule is CS(=N)(=O)N1CCOC2CCN(Cc3ccccc3)CC21. The van der Waals surface area contributed by atoms with Crippen LogP contribution in [0, 0.1) is 4.78 Å². The lowest BCUT2D eigenvalue weighted by atomic mass is 10.00. The molecule has 0 radical (unpaired) electrons. The highest BCUT2D eigenvalue weighted by atomic mass is 32.2. The van der Waals surface area contributed by atoms with E-state index in [9.17, 15) is 4.21 Å². The second-order valence-corrected chi connectivity index (χ2v) is 8.00. The molecular weight excluding hydrogens is 286 g/mol. The summed E-state index contributed by atoms with van der Waals surface area (Å²) in [5.74, 6) is 0. The molecule has 2 saturated heterocycles. The van der Waals surface area contributed by atoms with Gasteiger partial charge in [-0.1, -0.05) is 30.3 Å². The number of benzene rings is 1. The fourth-order valence-electron chi connectivity index (χ4n) is 3.32. The molecule has 1 aromatic rings. The number of likely N-dealkylation sites (tertiary alicyclic amines) is 1. The lowest BCUT2D eigenvalue weighted by Crippen LogP contribution is -2.60. The van der Waals surface area contributed by atoms with Crippen LogP contribution in [0.15, 0.2) is 30.3 Å². The van der Waals surface area contributed by atoms with E-state index in [1.165, 1.54) is 11.8 Å². The fraction of sp³-hybridized carbons (Fsp3) is 0.600. The molecule has 6 heteroatoms. The van der Waals surface area contributed by atoms with Crippen LogP contribution in [0.25, 0.3) is 0 Å². The molecule has 5 nitrogen and oxygen atoms in total. The van der Waals surface area contributed by atoms with Gasteiger partial charge in [-0.2, -0.15) is 0 Å². The highest BCUT2D eigenvalue weighted by Gasteiger charge is 2.39. The first kappa shape index (κ1) is 15.0. The van der Waals surface area contributed by atoms with E-state index >= 15 is 0 Å². The second kappa shape index (κ2) is 6.04. The highest BCUT2D eigenvalue weighted by molar-refractivity contribution is 7.89. The van der Waals surface area contributed by atoms with Crippen LogP contribution in [0.4, 0.5) is 0 Å². The molecule has 3 rings (SSSR count). The molecule has 0 aliphatic carbocycles. The lowest BCUT2D eigenvalue weighted by Gasteiger charge is -2.46. The van der Waals surface area contributed by atoms with E-state index in [0.29, 0.717) is 13.2 Å². The van der Waals surface area contributed by atoms with Crippen LogP contribution < -0.4 is 0 Å². The minimum Gasteiger partial charge on any atom is -0.375 e. The largest absolute Gasteiger partial charge is 0.375 e. The Morgan fingerprint density at radius 2 is 2.10 bits per heavy atom. The van der Waals surface area contributed by atoms with Crippen molar-refractivity contribution >= 4 is 9.92 Å². The summed E-state index contributed by atoms with van der Waals surface area (Å²) in [5.41, 5.74) is 1.29. The topological polar surface area (TPSA) is 56.6 Å². The molecule has 2 heterocycles. The van der Waals surface area contributed by atoms with Gasteiger partial charge in [-0.3, -0.25) is 4.90 Å². The number of fused-ring (bicyclic) bond motifs is 1. The van der Waals surface area contributed by atoms with E-state index in [4.69, 9.17) is 9.52 Å². The molecular formula is C15H23N3O2S. The van der Waals surface area contributed by atoms with E-state index in [2.05, 4.69) is 29.2 Å². The fourth-order valence-corrected chi connectivity index (χ4v) is 4.47. The van der Waals surface area contributed by atoms with Crippen molar-refractivity contribution in [2.24, 2.45) is 0 Å². The third-order valence-electron chi connectivity index (χ3n) is 4.31. The van der Waals surface area contributed by atoms with Crippen molar-refractivity contribution in [3.05, 3.63) is 35.9 Å². The molecule has 3 unspecified atom stereocenters. The van der Waals surface area contributed by atoms with E-state index in [1.807, 2.05) is 10.4 Å². The quantitative estimate of drug-likeness (QED) is 0.922. The van der Waals surface area contributed by atoms with Crippen molar-refractivity contribution in [3.8, 4) is 0 Å². The van der Waals surface area contributed by atoms with Gasteiger partial charge < -0.3 is 4.74 Å². The normalized spacial score (nSPS) is 30.5. The van der Waals surface area contributed by atoms with Crippen molar-refractivity contribution in [1.29, 1.82) is 4.78 Å². The smallest absolute Gasteiger partial charge is 0.105 e. The van der Waals surface area contributed by atoms with Gasteiger partial charge in [0.2, 0.25) is 0 Å². The van der Waals surface area contributed by atoms with Gasteiger partial charge in [-0.15, -0.1) is 0 Å². The Morgan fingerprint density at radius 1 is 1.33 bits per heavy atom. The third kappa shape index (κ3) is 3.45. The number of morpholine rings is 1. The predicted molar refractivity (Wildman–Crippen MR) is 83.4 cm³/mol. The first-order valence-electron chi connectivity index (χ1n) is 7.42. The number of hydrogen-bond acceptors (Lipinski definition) is 4. The van der Waals surface area contributed by atoms with Crippen LogP contribution in [0.5, 0.6) is 0 Å². The Labute approximate surface area is 127 Å². The molecule has 21 heavy (non-hydrogen) atoms. The summed E-state index contributed by atoms with van der Waals surface area (Å²) in [5, 5.41) is 0. The minimum absolute atomic E-state index is 0.0752. The molecule has 0 spiro atoms. The summed E-state index contributed by atoms with van der Waals surface area (Å²) < 4.78 is 27.8. The van der Waals surface area contributed by atoms with E-state index in [1.54, 1.807) is 0 Å². The van der Waals surface area contributed by atoms with E-state index in [-0.39, 0.29) is 12.1 Å². The monoisotopic (exact) mass is 309 g/mol. The zero-order chi connectivity index (χ0) is 14.9. The van der Waals surface area contributed by atoms with Gasteiger partial charge in [-0.25, -0.2) is 13.3 Å². The summed E-state index contributed by atoms with van der Waals surface area (Å²) in [6, 6.07) is 10.5. The maximum absolute atomic E-state index is 12.2. The minimum atomic E-state index is -2.67. The van der Waals surface area contributed by atoms with Gasteiger partial charge in [0.15, 0.2) is 0 Å². The zero-order valence-corrected chi connectivity index (χ0v) is 13.2. The van der Waals surface area contributed by atoms with Gasteiger partial charge >= 0.3 is 0 Å². The van der Waals surface area contributed by atoms with Gasteiger partial charge in [0.25, 0.3) is 0 Å². The van der Waals surface area contributed by atoms with Gasteiger partial charge in [0, 0.05) is 32.4 Å². The van der Waals surface area contributed by atoms with Crippen LogP contribution in [0.2, 0.25) is 0 Å². The predicted octanol–water partition coefficient (Wildman–Crippen LogP) is 1.55. The van der Waals surface area contributed by atoms with Crippen molar-refractivity contribution in [2.75, 3.05) is 32.5 Å². The van der Waals surface area contributed by atoms with Crippen LogP contribution in [0.3, 0.4) is 0 Å². The molecule has 1 aromatic carbocycles. The van der Waals surface area contributed by atoms with Gasteiger partial charge in [-0.05, 0) is 12.0 Å². The number of piperidine rings is 1. The van der Waals surface area contributed by atoms with Crippen molar-refractivity contribution in [2.45, 2.75) is 25.1 Å². The Balaban J connectivity index is 1.71. The maximum Gasteiger partial charge on any atom is 0.105 e. The number of rotatable bonds is 3. The number of nitrogens with one attached hydrogen (secondary N) is 1. The molecule has 116 valence electrons. The molecule has 2 fully saturated rings. The number of nitrogens with zero attached hydrogens (tertiary/aromatic N) is 2. The average Bonchev–Trinajstić information content (AvgIpc) is 2.46. The summed E-state index contributed by atoms with van der Waals surface area (Å²) >= 11 is 0. The van der Waals surface area contributed by atoms with Gasteiger partial charge in [0.05, 0.1) is 18.8 Å². The molecule has 0 amide bonds. The molecule has 1 N–H and O–H groups in total.